The second kappa shape index (κ2) is 22.9. The molecule has 96 heavy (non-hydrogen) atoms. The van der Waals surface area contributed by atoms with E-state index in [2.05, 4.69) is 379 Å². The van der Waals surface area contributed by atoms with Crippen LogP contribution in [-0.2, 0) is 0 Å². The van der Waals surface area contributed by atoms with Gasteiger partial charge in [-0.15, -0.1) is 0 Å². The molecule has 0 aliphatic carbocycles. The SMILES string of the molecule is c1ccc(-c2ccc3c(c2)B2c4ccccc4-c4cccc(c42)N3c2ccccc2)cc1.c1ccc(-c2ccc3c(c2)N(c2ccccc2)c2cccc4c2B3c2ccccc2-4)cc1.c1ccc(-c2cccc3c2N(c2ccccc2)c2cccc4c2B3c2ccccc2-4)cc1. The zero-order chi connectivity index (χ0) is 63.2. The highest BCUT2D eigenvalue weighted by molar-refractivity contribution is 7.03. The Morgan fingerprint density at radius 3 is 0.990 bits per heavy atom. The maximum Gasteiger partial charge on any atom is 0.248 e. The molecule has 0 amide bonds. The Hall–Kier alpha value is -12.1. The number of benzene rings is 15. The largest absolute Gasteiger partial charge is 0.312 e. The summed E-state index contributed by atoms with van der Waals surface area (Å²) in [5.41, 5.74) is 39.6. The summed E-state index contributed by atoms with van der Waals surface area (Å²) in [4.78, 5) is 7.35. The van der Waals surface area contributed by atoms with Gasteiger partial charge in [-0.2, -0.15) is 0 Å². The Kier molecular flexibility index (Phi) is 13.2. The Morgan fingerprint density at radius 1 is 0.167 bits per heavy atom. The molecule has 444 valence electrons. The fraction of sp³-hybridized carbons (Fsp3) is 0. The van der Waals surface area contributed by atoms with E-state index in [0.29, 0.717) is 0 Å². The lowest BCUT2D eigenvalue weighted by Gasteiger charge is -2.37. The fourth-order valence-corrected chi connectivity index (χ4v) is 16.7. The van der Waals surface area contributed by atoms with E-state index in [0.717, 1.165) is 0 Å². The van der Waals surface area contributed by atoms with Gasteiger partial charge in [0, 0.05) is 56.7 Å². The van der Waals surface area contributed by atoms with Crippen molar-refractivity contribution >= 4 is 120 Å². The van der Waals surface area contributed by atoms with Crippen LogP contribution >= 0.6 is 0 Å². The molecule has 15 aromatic rings. The lowest BCUT2D eigenvalue weighted by atomic mass is 9.37. The van der Waals surface area contributed by atoms with Crippen molar-refractivity contribution < 1.29 is 0 Å². The van der Waals surface area contributed by atoms with Gasteiger partial charge in [-0.05, 0) is 161 Å². The third-order valence-electron chi connectivity index (χ3n) is 20.6. The third-order valence-corrected chi connectivity index (χ3v) is 20.6. The molecule has 0 saturated heterocycles. The third kappa shape index (κ3) is 8.79. The highest BCUT2D eigenvalue weighted by atomic mass is 15.2. The second-order valence-corrected chi connectivity index (χ2v) is 25.7. The molecule has 0 N–H and O–H groups in total. The van der Waals surface area contributed by atoms with Crippen LogP contribution in [0.25, 0.3) is 66.8 Å². The van der Waals surface area contributed by atoms with Crippen molar-refractivity contribution in [2.24, 2.45) is 0 Å². The predicted octanol–water partition coefficient (Wildman–Crippen LogP) is 16.9. The number of nitrogens with zero attached hydrogens (tertiary/aromatic N) is 3. The Balaban J connectivity index is 0.000000102. The molecule has 6 aliphatic rings. The van der Waals surface area contributed by atoms with Gasteiger partial charge in [0.2, 0.25) is 20.1 Å². The standard InChI is InChI=1S/3C30H20BN/c1-3-11-21(12-4-1)23-16-9-19-27-30(23)32(22-13-5-2-6-14-22)28-20-10-17-25-24-15-7-8-18-26(24)31(27)29(25)28;1-3-10-21(11-4-1)22-18-19-28-27(20-22)31-26-16-8-7-14-24(26)25-15-9-17-29(30(25)31)32(28)23-12-5-2-6-13-23;1-3-10-21(11-4-1)22-18-19-27-29(20-22)32(23-12-5-2-6-13-23)28-17-9-15-25-24-14-7-8-16-26(24)31(27)30(25)28/h3*1-20H. The van der Waals surface area contributed by atoms with Gasteiger partial charge >= 0.3 is 0 Å². The van der Waals surface area contributed by atoms with E-state index in [4.69, 9.17) is 0 Å². The summed E-state index contributed by atoms with van der Waals surface area (Å²) in [6, 6.07) is 132. The number of fused-ring (bicyclic) bond motifs is 15. The summed E-state index contributed by atoms with van der Waals surface area (Å²) in [6.07, 6.45) is 0. The van der Waals surface area contributed by atoms with Crippen molar-refractivity contribution in [3.05, 3.63) is 364 Å². The molecule has 0 bridgehead atoms. The highest BCUT2D eigenvalue weighted by Crippen LogP contribution is 2.47. The molecule has 0 fully saturated rings. The van der Waals surface area contributed by atoms with Gasteiger partial charge in [-0.3, -0.25) is 0 Å². The van der Waals surface area contributed by atoms with Gasteiger partial charge < -0.3 is 14.7 Å². The molecule has 0 unspecified atom stereocenters. The molecule has 6 aliphatic heterocycles. The lowest BCUT2D eigenvalue weighted by Crippen LogP contribution is -2.54. The minimum absolute atomic E-state index is 0.260. The van der Waals surface area contributed by atoms with Crippen LogP contribution in [0, 0.1) is 0 Å². The van der Waals surface area contributed by atoms with Gasteiger partial charge in [0.05, 0.1) is 0 Å². The van der Waals surface area contributed by atoms with E-state index in [1.165, 1.54) is 167 Å². The van der Waals surface area contributed by atoms with Crippen LogP contribution in [0.1, 0.15) is 0 Å². The Morgan fingerprint density at radius 2 is 0.500 bits per heavy atom. The van der Waals surface area contributed by atoms with Crippen molar-refractivity contribution in [2.75, 3.05) is 14.7 Å². The molecule has 6 heterocycles. The first-order valence-corrected chi connectivity index (χ1v) is 33.5. The van der Waals surface area contributed by atoms with Crippen molar-refractivity contribution in [2.45, 2.75) is 0 Å². The van der Waals surface area contributed by atoms with E-state index in [-0.39, 0.29) is 20.1 Å². The molecular formula is C90H60B3N3. The van der Waals surface area contributed by atoms with Crippen molar-refractivity contribution in [1.29, 1.82) is 0 Å². The van der Waals surface area contributed by atoms with E-state index in [9.17, 15) is 0 Å². The van der Waals surface area contributed by atoms with E-state index < -0.39 is 0 Å². The van der Waals surface area contributed by atoms with Crippen LogP contribution < -0.4 is 63.9 Å². The first-order chi connectivity index (χ1) is 47.7. The van der Waals surface area contributed by atoms with Crippen LogP contribution in [0.15, 0.2) is 364 Å². The minimum atomic E-state index is 0.260. The predicted molar refractivity (Wildman–Crippen MR) is 410 cm³/mol. The minimum Gasteiger partial charge on any atom is -0.312 e. The quantitative estimate of drug-likeness (QED) is 0.154. The zero-order valence-electron chi connectivity index (χ0n) is 52.7. The Bertz CT molecular complexity index is 5370. The maximum atomic E-state index is 2.47. The molecule has 3 nitrogen and oxygen atoms in total. The monoisotopic (exact) mass is 1220 g/mol. The highest BCUT2D eigenvalue weighted by Gasteiger charge is 2.46. The second-order valence-electron chi connectivity index (χ2n) is 25.7. The average Bonchev–Trinajstić information content (AvgIpc) is 1.51. The molecule has 0 aromatic heterocycles. The van der Waals surface area contributed by atoms with Crippen LogP contribution in [0.5, 0.6) is 0 Å². The van der Waals surface area contributed by atoms with Crippen molar-refractivity contribution in [3.8, 4) is 66.8 Å². The molecule has 21 rings (SSSR count). The van der Waals surface area contributed by atoms with Gasteiger partial charge in [0.15, 0.2) is 0 Å². The van der Waals surface area contributed by atoms with Crippen LogP contribution in [0.2, 0.25) is 0 Å². The molecule has 0 spiro atoms. The fourth-order valence-electron chi connectivity index (χ4n) is 16.7. The van der Waals surface area contributed by atoms with Gasteiger partial charge in [0.1, 0.15) is 0 Å². The summed E-state index contributed by atoms with van der Waals surface area (Å²) < 4.78 is 0. The van der Waals surface area contributed by atoms with Gasteiger partial charge in [0.25, 0.3) is 0 Å². The average molecular weight is 1220 g/mol. The van der Waals surface area contributed by atoms with Crippen LogP contribution in [-0.4, -0.2) is 20.1 Å². The van der Waals surface area contributed by atoms with Gasteiger partial charge in [-0.1, -0.05) is 314 Å². The van der Waals surface area contributed by atoms with Crippen LogP contribution in [0.4, 0.5) is 51.2 Å². The first-order valence-electron chi connectivity index (χ1n) is 33.5. The molecule has 6 heteroatoms. The summed E-state index contributed by atoms with van der Waals surface area (Å²) >= 11 is 0. The summed E-state index contributed by atoms with van der Waals surface area (Å²) in [6.45, 7) is 0.796. The number of hydrogen-bond acceptors (Lipinski definition) is 3. The lowest BCUT2D eigenvalue weighted by molar-refractivity contribution is 1.30. The zero-order valence-corrected chi connectivity index (χ0v) is 52.7. The number of anilines is 9. The maximum absolute atomic E-state index is 2.47. The molecule has 0 atom stereocenters. The Labute approximate surface area is 562 Å². The van der Waals surface area contributed by atoms with E-state index in [1.807, 2.05) is 0 Å². The normalized spacial score (nSPS) is 12.9. The molecule has 15 aromatic carbocycles. The van der Waals surface area contributed by atoms with E-state index in [1.54, 1.807) is 0 Å². The smallest absolute Gasteiger partial charge is 0.248 e. The molecule has 0 saturated carbocycles. The topological polar surface area (TPSA) is 9.72 Å². The first kappa shape index (κ1) is 55.5. The van der Waals surface area contributed by atoms with Crippen molar-refractivity contribution in [1.82, 2.24) is 0 Å². The van der Waals surface area contributed by atoms with Gasteiger partial charge in [-0.25, -0.2) is 0 Å². The summed E-state index contributed by atoms with van der Waals surface area (Å²) in [5.74, 6) is 0. The van der Waals surface area contributed by atoms with Crippen molar-refractivity contribution in [3.63, 3.8) is 0 Å². The number of rotatable bonds is 6. The number of para-hydroxylation sites is 4. The summed E-state index contributed by atoms with van der Waals surface area (Å²) in [5, 5.41) is 0. The van der Waals surface area contributed by atoms with E-state index >= 15 is 0 Å². The molecular weight excluding hydrogens is 1160 g/mol. The molecule has 0 radical (unpaired) electrons. The summed E-state index contributed by atoms with van der Waals surface area (Å²) in [7, 11) is 0. The number of hydrogen-bond donors (Lipinski definition) is 0. The van der Waals surface area contributed by atoms with Crippen LogP contribution in [0.3, 0.4) is 0 Å².